The number of hydrogen-bond donors (Lipinski definition) is 5. The summed E-state index contributed by atoms with van der Waals surface area (Å²) in [5.74, 6) is -2.78. The molecule has 7 nitrogen and oxygen atoms in total. The van der Waals surface area contributed by atoms with E-state index < -0.39 is 42.6 Å². The lowest BCUT2D eigenvalue weighted by molar-refractivity contribution is -0.357. The molecule has 5 atom stereocenters. The first-order valence-electron chi connectivity index (χ1n) is 9.46. The van der Waals surface area contributed by atoms with E-state index in [2.05, 4.69) is 0 Å². The van der Waals surface area contributed by atoms with Crippen LogP contribution in [0.5, 0.6) is 5.75 Å². The molecule has 1 saturated heterocycles. The molecule has 3 rings (SSSR count). The lowest BCUT2D eigenvalue weighted by atomic mass is 9.87. The first kappa shape index (κ1) is 22.9. The third kappa shape index (κ3) is 4.31. The molecule has 2 aromatic carbocycles. The number of benzene rings is 2. The fourth-order valence-corrected chi connectivity index (χ4v) is 3.66. The number of ether oxygens (including phenoxy) is 2. The van der Waals surface area contributed by atoms with Crippen LogP contribution < -0.4 is 4.74 Å². The van der Waals surface area contributed by atoms with Gasteiger partial charge in [0.2, 0.25) is 5.79 Å². The molecule has 5 unspecified atom stereocenters. The Bertz CT molecular complexity index is 894. The minimum absolute atomic E-state index is 0.0604. The highest BCUT2D eigenvalue weighted by Crippen LogP contribution is 2.38. The molecule has 9 heteroatoms. The zero-order chi connectivity index (χ0) is 22.1. The van der Waals surface area contributed by atoms with E-state index in [4.69, 9.17) is 21.1 Å². The average Bonchev–Trinajstić information content (AvgIpc) is 2.73. The van der Waals surface area contributed by atoms with Gasteiger partial charge >= 0.3 is 0 Å². The summed E-state index contributed by atoms with van der Waals surface area (Å²) in [7, 11) is 0. The summed E-state index contributed by atoms with van der Waals surface area (Å²) in [6, 6.07) is 8.83. The number of hydrogen-bond acceptors (Lipinski definition) is 7. The predicted molar refractivity (Wildman–Crippen MR) is 106 cm³/mol. The highest BCUT2D eigenvalue weighted by molar-refractivity contribution is 6.31. The van der Waals surface area contributed by atoms with Crippen molar-refractivity contribution < 1.29 is 39.4 Å². The molecule has 164 valence electrons. The van der Waals surface area contributed by atoms with Gasteiger partial charge in [-0.1, -0.05) is 23.7 Å². The van der Waals surface area contributed by atoms with Crippen molar-refractivity contribution in [3.63, 3.8) is 0 Å². The number of aliphatic hydroxyl groups excluding tert-OH is 4. The van der Waals surface area contributed by atoms with Crippen LogP contribution in [0.2, 0.25) is 5.02 Å². The third-order valence-electron chi connectivity index (χ3n) is 5.12. The molecule has 0 aromatic heterocycles. The van der Waals surface area contributed by atoms with Crippen molar-refractivity contribution in [1.82, 2.24) is 0 Å². The van der Waals surface area contributed by atoms with Gasteiger partial charge < -0.3 is 35.0 Å². The molecule has 1 heterocycles. The van der Waals surface area contributed by atoms with Crippen LogP contribution in [0.1, 0.15) is 23.6 Å². The molecular weight excluding hydrogens is 419 g/mol. The minimum Gasteiger partial charge on any atom is -0.491 e. The molecule has 1 aliphatic rings. The molecule has 1 fully saturated rings. The first-order chi connectivity index (χ1) is 14.2. The van der Waals surface area contributed by atoms with E-state index >= 15 is 0 Å². The highest BCUT2D eigenvalue weighted by atomic mass is 35.5. The van der Waals surface area contributed by atoms with Crippen LogP contribution in [-0.4, -0.2) is 63.2 Å². The zero-order valence-corrected chi connectivity index (χ0v) is 17.0. The zero-order valence-electron chi connectivity index (χ0n) is 16.2. The summed E-state index contributed by atoms with van der Waals surface area (Å²) in [6.45, 7) is 1.40. The van der Waals surface area contributed by atoms with Gasteiger partial charge in [-0.05, 0) is 48.7 Å². The topological polar surface area (TPSA) is 120 Å². The van der Waals surface area contributed by atoms with E-state index in [9.17, 15) is 29.9 Å². The fourth-order valence-electron chi connectivity index (χ4n) is 3.47. The van der Waals surface area contributed by atoms with Gasteiger partial charge in [-0.2, -0.15) is 0 Å². The van der Waals surface area contributed by atoms with Crippen molar-refractivity contribution in [1.29, 1.82) is 0 Å². The standard InChI is InChI=1S/C21H24ClFO7/c1-2-29-16-6-3-11(8-15(16)23)7-12-9-13(4-5-14(12)22)21(28)20(27)19(26)18(25)17(10-24)30-21/h3-6,8-9,17-20,24-28H,2,7,10H2,1H3. The Hall–Kier alpha value is -1.78. The molecular formula is C21H24ClFO7. The molecule has 0 radical (unpaired) electrons. The summed E-state index contributed by atoms with van der Waals surface area (Å²) in [6.07, 6.45) is -6.32. The van der Waals surface area contributed by atoms with Crippen molar-refractivity contribution in [3.8, 4) is 5.75 Å². The SMILES string of the molecule is CCOc1ccc(Cc2cc(C3(O)OC(CO)C(O)C(O)C3O)ccc2Cl)cc1F. The van der Waals surface area contributed by atoms with E-state index in [0.717, 1.165) is 0 Å². The Morgan fingerprint density at radius 1 is 1.13 bits per heavy atom. The molecule has 0 bridgehead atoms. The van der Waals surface area contributed by atoms with Crippen LogP contribution in [0.15, 0.2) is 36.4 Å². The number of rotatable bonds is 6. The van der Waals surface area contributed by atoms with Gasteiger partial charge in [-0.15, -0.1) is 0 Å². The van der Waals surface area contributed by atoms with Crippen LogP contribution in [0.25, 0.3) is 0 Å². The van der Waals surface area contributed by atoms with Gasteiger partial charge in [0.15, 0.2) is 11.6 Å². The van der Waals surface area contributed by atoms with Gasteiger partial charge in [0.1, 0.15) is 24.4 Å². The Labute approximate surface area is 177 Å². The van der Waals surface area contributed by atoms with Gasteiger partial charge in [-0.3, -0.25) is 0 Å². The van der Waals surface area contributed by atoms with Crippen LogP contribution in [0.3, 0.4) is 0 Å². The van der Waals surface area contributed by atoms with Gasteiger partial charge in [0, 0.05) is 10.6 Å². The maximum atomic E-state index is 14.2. The van der Waals surface area contributed by atoms with Gasteiger partial charge in [0.05, 0.1) is 13.2 Å². The normalized spacial score (nSPS) is 29.1. The first-order valence-corrected chi connectivity index (χ1v) is 9.84. The van der Waals surface area contributed by atoms with Crippen molar-refractivity contribution >= 4 is 11.6 Å². The Kier molecular flexibility index (Phi) is 6.98. The van der Waals surface area contributed by atoms with Gasteiger partial charge in [0.25, 0.3) is 0 Å². The Balaban J connectivity index is 1.92. The average molecular weight is 443 g/mol. The quantitative estimate of drug-likeness (QED) is 0.454. The molecule has 0 spiro atoms. The van der Waals surface area contributed by atoms with Crippen LogP contribution in [0, 0.1) is 5.82 Å². The monoisotopic (exact) mass is 442 g/mol. The highest BCUT2D eigenvalue weighted by Gasteiger charge is 2.53. The van der Waals surface area contributed by atoms with E-state index in [-0.39, 0.29) is 17.7 Å². The van der Waals surface area contributed by atoms with Crippen molar-refractivity contribution in [2.75, 3.05) is 13.2 Å². The van der Waals surface area contributed by atoms with E-state index in [1.54, 1.807) is 13.0 Å². The molecule has 30 heavy (non-hydrogen) atoms. The molecule has 0 amide bonds. The van der Waals surface area contributed by atoms with Crippen LogP contribution in [-0.2, 0) is 16.9 Å². The fraction of sp³-hybridized carbons (Fsp3) is 0.429. The summed E-state index contributed by atoms with van der Waals surface area (Å²) in [4.78, 5) is 0. The minimum atomic E-state index is -2.39. The number of aliphatic hydroxyl groups is 5. The Morgan fingerprint density at radius 2 is 1.87 bits per heavy atom. The molecule has 5 N–H and O–H groups in total. The molecule has 0 aliphatic carbocycles. The lowest BCUT2D eigenvalue weighted by Gasteiger charge is -2.45. The molecule has 0 saturated carbocycles. The molecule has 1 aliphatic heterocycles. The number of halogens is 2. The second kappa shape index (κ2) is 9.15. The summed E-state index contributed by atoms with van der Waals surface area (Å²) in [5.41, 5.74) is 1.16. The summed E-state index contributed by atoms with van der Waals surface area (Å²) in [5, 5.41) is 51.0. The van der Waals surface area contributed by atoms with Crippen molar-refractivity contribution in [3.05, 3.63) is 63.9 Å². The van der Waals surface area contributed by atoms with E-state index in [0.29, 0.717) is 22.8 Å². The predicted octanol–water partition coefficient (Wildman–Crippen LogP) is 1.09. The van der Waals surface area contributed by atoms with Crippen molar-refractivity contribution in [2.45, 2.75) is 43.5 Å². The Morgan fingerprint density at radius 3 is 2.50 bits per heavy atom. The van der Waals surface area contributed by atoms with E-state index in [1.807, 2.05) is 0 Å². The van der Waals surface area contributed by atoms with Crippen LogP contribution in [0.4, 0.5) is 4.39 Å². The van der Waals surface area contributed by atoms with Crippen molar-refractivity contribution in [2.24, 2.45) is 0 Å². The van der Waals surface area contributed by atoms with Gasteiger partial charge in [-0.25, -0.2) is 4.39 Å². The maximum absolute atomic E-state index is 14.2. The summed E-state index contributed by atoms with van der Waals surface area (Å²) < 4.78 is 24.7. The maximum Gasteiger partial charge on any atom is 0.222 e. The molecule has 2 aromatic rings. The smallest absolute Gasteiger partial charge is 0.222 e. The summed E-state index contributed by atoms with van der Waals surface area (Å²) >= 11 is 6.26. The third-order valence-corrected chi connectivity index (χ3v) is 5.48. The largest absolute Gasteiger partial charge is 0.491 e. The second-order valence-corrected chi connectivity index (χ2v) is 7.55. The second-order valence-electron chi connectivity index (χ2n) is 7.14. The lowest BCUT2D eigenvalue weighted by Crippen LogP contribution is -2.63. The van der Waals surface area contributed by atoms with Crippen LogP contribution >= 0.6 is 11.6 Å². The van der Waals surface area contributed by atoms with E-state index in [1.165, 1.54) is 30.3 Å².